The van der Waals surface area contributed by atoms with Crippen LogP contribution in [0.1, 0.15) is 32.1 Å². The highest BCUT2D eigenvalue weighted by Gasteiger charge is 2.44. The first kappa shape index (κ1) is 13.1. The molecule has 2 unspecified atom stereocenters. The van der Waals surface area contributed by atoms with E-state index in [0.717, 1.165) is 25.7 Å². The molecule has 2 aliphatic rings. The van der Waals surface area contributed by atoms with Crippen LogP contribution in [0.2, 0.25) is 0 Å². The summed E-state index contributed by atoms with van der Waals surface area (Å²) in [7, 11) is -3.21. The highest BCUT2D eigenvalue weighted by Crippen LogP contribution is 2.40. The van der Waals surface area contributed by atoms with Gasteiger partial charge in [-0.3, -0.25) is 0 Å². The van der Waals surface area contributed by atoms with Gasteiger partial charge in [-0.25, -0.2) is 12.7 Å². The number of hydrogen-bond acceptors (Lipinski definition) is 3. The second-order valence-electron chi connectivity index (χ2n) is 5.22. The second-order valence-corrected chi connectivity index (χ2v) is 7.24. The molecular formula is C12H21NO3S. The molecule has 2 rings (SSSR count). The lowest BCUT2D eigenvalue weighted by Crippen LogP contribution is -2.54. The van der Waals surface area contributed by atoms with Gasteiger partial charge in [-0.1, -0.05) is 18.9 Å². The van der Waals surface area contributed by atoms with E-state index in [-0.39, 0.29) is 11.7 Å². The minimum Gasteiger partial charge on any atom is -0.390 e. The molecule has 0 radical (unpaired) electrons. The predicted octanol–water partition coefficient (Wildman–Crippen LogP) is 1.13. The van der Waals surface area contributed by atoms with Crippen LogP contribution in [0.3, 0.4) is 0 Å². The van der Waals surface area contributed by atoms with Crippen LogP contribution in [0.25, 0.3) is 0 Å². The average Bonchev–Trinajstić information content (AvgIpc) is 2.27. The number of sulfonamides is 1. The van der Waals surface area contributed by atoms with Crippen molar-refractivity contribution in [1.82, 2.24) is 4.31 Å². The minimum absolute atomic E-state index is 0.00184. The first-order chi connectivity index (χ1) is 7.98. The quantitative estimate of drug-likeness (QED) is 0.773. The lowest BCUT2D eigenvalue weighted by molar-refractivity contribution is -0.0816. The summed E-state index contributed by atoms with van der Waals surface area (Å²) >= 11 is 0. The van der Waals surface area contributed by atoms with Crippen LogP contribution in [0, 0.1) is 5.92 Å². The molecule has 5 heteroatoms. The molecule has 0 bridgehead atoms. The summed E-state index contributed by atoms with van der Waals surface area (Å²) in [5.41, 5.74) is -0.613. The lowest BCUT2D eigenvalue weighted by atomic mass is 9.72. The molecule has 0 aromatic rings. The standard InChI is InChI=1S/C12H21NO3S/c1-2-9-17(15,16)13-8-7-12(14)6-4-3-5-11(12)10-13/h2,11,14H,1,3-10H2. The normalized spacial score (nSPS) is 35.2. The summed E-state index contributed by atoms with van der Waals surface area (Å²) in [6.07, 6.45) is 5.93. The monoisotopic (exact) mass is 259 g/mol. The van der Waals surface area contributed by atoms with E-state index in [2.05, 4.69) is 6.58 Å². The van der Waals surface area contributed by atoms with E-state index >= 15 is 0 Å². The molecule has 0 amide bonds. The number of fused-ring (bicyclic) bond motifs is 1. The van der Waals surface area contributed by atoms with Gasteiger partial charge in [0.15, 0.2) is 0 Å². The van der Waals surface area contributed by atoms with Crippen LogP contribution in [0.15, 0.2) is 12.7 Å². The number of nitrogens with zero attached hydrogens (tertiary/aromatic N) is 1. The molecule has 1 saturated heterocycles. The zero-order chi connectivity index (χ0) is 12.5. The molecule has 98 valence electrons. The summed E-state index contributed by atoms with van der Waals surface area (Å²) in [5.74, 6) is 0.114. The Morgan fingerprint density at radius 2 is 2.18 bits per heavy atom. The summed E-state index contributed by atoms with van der Waals surface area (Å²) in [5, 5.41) is 10.5. The maximum absolute atomic E-state index is 11.9. The highest BCUT2D eigenvalue weighted by molar-refractivity contribution is 7.89. The fraction of sp³-hybridized carbons (Fsp3) is 0.833. The number of hydrogen-bond donors (Lipinski definition) is 1. The Hall–Kier alpha value is -0.390. The van der Waals surface area contributed by atoms with Crippen molar-refractivity contribution in [3.8, 4) is 0 Å². The van der Waals surface area contributed by atoms with Crippen molar-refractivity contribution in [2.75, 3.05) is 18.8 Å². The van der Waals surface area contributed by atoms with E-state index < -0.39 is 15.6 Å². The first-order valence-corrected chi connectivity index (χ1v) is 7.90. The Kier molecular flexibility index (Phi) is 3.61. The summed E-state index contributed by atoms with van der Waals surface area (Å²) in [6, 6.07) is 0. The Balaban J connectivity index is 2.09. The Morgan fingerprint density at radius 3 is 2.88 bits per heavy atom. The van der Waals surface area contributed by atoms with Gasteiger partial charge < -0.3 is 5.11 Å². The van der Waals surface area contributed by atoms with E-state index in [1.54, 1.807) is 0 Å². The fourth-order valence-corrected chi connectivity index (χ4v) is 4.33. The third-order valence-electron chi connectivity index (χ3n) is 4.11. The Bertz CT molecular complexity index is 393. The van der Waals surface area contributed by atoms with Crippen LogP contribution in [0.5, 0.6) is 0 Å². The SMILES string of the molecule is C=CCS(=O)(=O)N1CCC2(O)CCCCC2C1. The highest BCUT2D eigenvalue weighted by atomic mass is 32.2. The second kappa shape index (κ2) is 4.71. The van der Waals surface area contributed by atoms with Crippen molar-refractivity contribution in [2.45, 2.75) is 37.7 Å². The van der Waals surface area contributed by atoms with E-state index in [0.29, 0.717) is 19.5 Å². The smallest absolute Gasteiger partial charge is 0.217 e. The van der Waals surface area contributed by atoms with Crippen LogP contribution in [-0.4, -0.2) is 42.3 Å². The molecular weight excluding hydrogens is 238 g/mol. The van der Waals surface area contributed by atoms with Gasteiger partial charge in [0, 0.05) is 19.0 Å². The maximum Gasteiger partial charge on any atom is 0.217 e. The van der Waals surface area contributed by atoms with Gasteiger partial charge in [-0.15, -0.1) is 6.58 Å². The molecule has 4 nitrogen and oxygen atoms in total. The number of piperidine rings is 1. The summed E-state index contributed by atoms with van der Waals surface area (Å²) in [4.78, 5) is 0. The van der Waals surface area contributed by atoms with E-state index in [1.807, 2.05) is 0 Å². The topological polar surface area (TPSA) is 57.6 Å². The van der Waals surface area contributed by atoms with Gasteiger partial charge in [-0.05, 0) is 19.3 Å². The Morgan fingerprint density at radius 1 is 1.41 bits per heavy atom. The first-order valence-electron chi connectivity index (χ1n) is 6.29. The van der Waals surface area contributed by atoms with Crippen LogP contribution in [0.4, 0.5) is 0 Å². The van der Waals surface area contributed by atoms with Crippen LogP contribution < -0.4 is 0 Å². The van der Waals surface area contributed by atoms with Crippen molar-refractivity contribution in [1.29, 1.82) is 0 Å². The van der Waals surface area contributed by atoms with Crippen LogP contribution in [-0.2, 0) is 10.0 Å². The zero-order valence-corrected chi connectivity index (χ0v) is 11.0. The van der Waals surface area contributed by atoms with Gasteiger partial charge in [0.1, 0.15) is 0 Å². The molecule has 0 aromatic heterocycles. The third kappa shape index (κ3) is 2.56. The van der Waals surface area contributed by atoms with E-state index in [9.17, 15) is 13.5 Å². The van der Waals surface area contributed by atoms with Crippen molar-refractivity contribution in [3.63, 3.8) is 0 Å². The van der Waals surface area contributed by atoms with Gasteiger partial charge in [-0.2, -0.15) is 0 Å². The van der Waals surface area contributed by atoms with E-state index in [1.165, 1.54) is 10.4 Å². The molecule has 0 aromatic carbocycles. The van der Waals surface area contributed by atoms with Gasteiger partial charge in [0.05, 0.1) is 11.4 Å². The van der Waals surface area contributed by atoms with Crippen molar-refractivity contribution in [3.05, 3.63) is 12.7 Å². The van der Waals surface area contributed by atoms with Crippen molar-refractivity contribution >= 4 is 10.0 Å². The number of rotatable bonds is 3. The maximum atomic E-state index is 11.9. The fourth-order valence-electron chi connectivity index (χ4n) is 3.05. The zero-order valence-electron chi connectivity index (χ0n) is 10.1. The molecule has 17 heavy (non-hydrogen) atoms. The minimum atomic E-state index is -3.21. The van der Waals surface area contributed by atoms with Gasteiger partial charge in [0.2, 0.25) is 10.0 Å². The molecule has 1 heterocycles. The third-order valence-corrected chi connectivity index (χ3v) is 5.89. The molecule has 2 atom stereocenters. The summed E-state index contributed by atoms with van der Waals surface area (Å²) < 4.78 is 25.4. The molecule has 0 spiro atoms. The van der Waals surface area contributed by atoms with Crippen LogP contribution >= 0.6 is 0 Å². The average molecular weight is 259 g/mol. The van der Waals surface area contributed by atoms with E-state index in [4.69, 9.17) is 0 Å². The molecule has 1 aliphatic heterocycles. The van der Waals surface area contributed by atoms with Gasteiger partial charge in [0.25, 0.3) is 0 Å². The Labute approximate surface area is 103 Å². The summed E-state index contributed by atoms with van der Waals surface area (Å²) in [6.45, 7) is 4.41. The molecule has 2 fully saturated rings. The predicted molar refractivity (Wildman–Crippen MR) is 67.1 cm³/mol. The molecule has 1 N–H and O–H groups in total. The lowest BCUT2D eigenvalue weighted by Gasteiger charge is -2.46. The molecule has 1 aliphatic carbocycles. The molecule has 1 saturated carbocycles. The number of aliphatic hydroxyl groups is 1. The van der Waals surface area contributed by atoms with Gasteiger partial charge >= 0.3 is 0 Å². The largest absolute Gasteiger partial charge is 0.390 e. The van der Waals surface area contributed by atoms with Crippen molar-refractivity contribution in [2.24, 2.45) is 5.92 Å². The van der Waals surface area contributed by atoms with Crippen molar-refractivity contribution < 1.29 is 13.5 Å².